The molecule has 3 N–H and O–H groups in total. The van der Waals surface area contributed by atoms with Crippen molar-refractivity contribution in [2.45, 2.75) is 39.3 Å². The highest BCUT2D eigenvalue weighted by Gasteiger charge is 2.61. The fraction of sp³-hybridized carbons (Fsp3) is 0.818. The maximum absolute atomic E-state index is 11.4. The number of hydrogen-bond donors (Lipinski definition) is 3. The minimum absolute atomic E-state index is 0.167. The van der Waals surface area contributed by atoms with Crippen LogP contribution in [-0.2, 0) is 4.79 Å². The predicted octanol–water partition coefficient (Wildman–Crippen LogP) is 0.847. The quantitative estimate of drug-likeness (QED) is 0.636. The minimum Gasteiger partial charge on any atom is -0.479 e. The second-order valence-electron chi connectivity index (χ2n) is 5.76. The topological polar surface area (TPSA) is 98.1 Å². The van der Waals surface area contributed by atoms with E-state index in [2.05, 4.69) is 0 Å². The Morgan fingerprint density at radius 2 is 1.76 bits per heavy atom. The number of aliphatic hydroxyl groups is 1. The monoisotopic (exact) mass is 245 g/mol. The molecule has 1 rings (SSSR count). The Balaban J connectivity index is 3.30. The molecule has 0 aliphatic carbocycles. The van der Waals surface area contributed by atoms with Crippen LogP contribution in [0.2, 0.25) is 0 Å². The molecular formula is C11H19NO5. The van der Waals surface area contributed by atoms with Gasteiger partial charge in [-0.3, -0.25) is 4.90 Å². The molecule has 1 fully saturated rings. The van der Waals surface area contributed by atoms with E-state index >= 15 is 0 Å². The van der Waals surface area contributed by atoms with Gasteiger partial charge < -0.3 is 15.3 Å². The summed E-state index contributed by atoms with van der Waals surface area (Å²) in [6.07, 6.45) is -2.28. The van der Waals surface area contributed by atoms with Gasteiger partial charge in [0, 0.05) is 5.92 Å². The fourth-order valence-corrected chi connectivity index (χ4v) is 2.97. The van der Waals surface area contributed by atoms with Crippen LogP contribution < -0.4 is 0 Å². The Morgan fingerprint density at radius 1 is 1.29 bits per heavy atom. The number of aliphatic hydroxyl groups excluding tert-OH is 1. The van der Waals surface area contributed by atoms with Gasteiger partial charge in [-0.25, -0.2) is 9.59 Å². The summed E-state index contributed by atoms with van der Waals surface area (Å²) < 4.78 is 0. The first-order valence-electron chi connectivity index (χ1n) is 5.45. The number of nitrogens with zero attached hydrogens (tertiary/aromatic N) is 1. The normalized spacial score (nSPS) is 33.8. The first-order valence-corrected chi connectivity index (χ1v) is 5.45. The van der Waals surface area contributed by atoms with E-state index in [1.54, 1.807) is 20.8 Å². The number of amides is 1. The molecule has 1 aliphatic rings. The standard InChI is InChI=1S/C11H19NO5/c1-10(2,3)7-6(13)5-12(9(16)17)11(7,4)8(14)15/h6-7,13H,5H2,1-4H3,(H,14,15)(H,16,17). The largest absolute Gasteiger partial charge is 0.479 e. The third-order valence-corrected chi connectivity index (χ3v) is 3.52. The molecule has 1 saturated heterocycles. The smallest absolute Gasteiger partial charge is 0.408 e. The average Bonchev–Trinajstić information content (AvgIpc) is 2.37. The maximum atomic E-state index is 11.4. The van der Waals surface area contributed by atoms with Crippen molar-refractivity contribution in [3.63, 3.8) is 0 Å². The van der Waals surface area contributed by atoms with Crippen molar-refractivity contribution in [2.24, 2.45) is 11.3 Å². The van der Waals surface area contributed by atoms with Gasteiger partial charge in [0.2, 0.25) is 0 Å². The maximum Gasteiger partial charge on any atom is 0.408 e. The second kappa shape index (κ2) is 3.87. The molecule has 1 amide bonds. The molecule has 0 aromatic heterocycles. The zero-order chi connectivity index (χ0) is 13.6. The highest BCUT2D eigenvalue weighted by atomic mass is 16.4. The van der Waals surface area contributed by atoms with Crippen molar-refractivity contribution in [2.75, 3.05) is 6.54 Å². The SMILES string of the molecule is CC(C)(C)C1C(O)CN(C(=O)O)C1(C)C(=O)O. The van der Waals surface area contributed by atoms with Gasteiger partial charge in [0.1, 0.15) is 5.54 Å². The molecule has 0 aromatic carbocycles. The van der Waals surface area contributed by atoms with Crippen LogP contribution in [-0.4, -0.2) is 50.5 Å². The number of β-amino-alcohol motifs (C(OH)–C–C–N with tert-alkyl or cyclic N) is 1. The van der Waals surface area contributed by atoms with Gasteiger partial charge in [0.15, 0.2) is 0 Å². The summed E-state index contributed by atoms with van der Waals surface area (Å²) in [6.45, 7) is 6.59. The number of carbonyl (C=O) groups is 2. The Hall–Kier alpha value is -1.30. The molecule has 6 nitrogen and oxygen atoms in total. The second-order valence-corrected chi connectivity index (χ2v) is 5.76. The number of aliphatic carboxylic acids is 1. The van der Waals surface area contributed by atoms with Crippen LogP contribution in [0.5, 0.6) is 0 Å². The van der Waals surface area contributed by atoms with E-state index < -0.39 is 35.0 Å². The molecule has 1 aliphatic heterocycles. The molecule has 6 heteroatoms. The summed E-state index contributed by atoms with van der Waals surface area (Å²) in [5.74, 6) is -1.88. The molecule has 0 radical (unpaired) electrons. The predicted molar refractivity (Wildman–Crippen MR) is 59.7 cm³/mol. The molecule has 98 valence electrons. The van der Waals surface area contributed by atoms with Crippen LogP contribution in [0.25, 0.3) is 0 Å². The third-order valence-electron chi connectivity index (χ3n) is 3.52. The summed E-state index contributed by atoms with van der Waals surface area (Å²) in [5, 5.41) is 28.3. The fourth-order valence-electron chi connectivity index (χ4n) is 2.97. The van der Waals surface area contributed by atoms with Crippen LogP contribution in [0.1, 0.15) is 27.7 Å². The van der Waals surface area contributed by atoms with Gasteiger partial charge in [-0.2, -0.15) is 0 Å². The van der Waals surface area contributed by atoms with Crippen LogP contribution in [0.4, 0.5) is 4.79 Å². The Morgan fingerprint density at radius 3 is 2.06 bits per heavy atom. The van der Waals surface area contributed by atoms with E-state index in [4.69, 9.17) is 5.11 Å². The number of hydrogen-bond acceptors (Lipinski definition) is 3. The lowest BCUT2D eigenvalue weighted by Crippen LogP contribution is -2.57. The summed E-state index contributed by atoms with van der Waals surface area (Å²) in [7, 11) is 0. The summed E-state index contributed by atoms with van der Waals surface area (Å²) >= 11 is 0. The zero-order valence-electron chi connectivity index (χ0n) is 10.5. The van der Waals surface area contributed by atoms with E-state index in [0.29, 0.717) is 0 Å². The van der Waals surface area contributed by atoms with Crippen molar-refractivity contribution < 1.29 is 24.9 Å². The van der Waals surface area contributed by atoms with Gasteiger partial charge in [0.05, 0.1) is 12.6 Å². The van der Waals surface area contributed by atoms with Gasteiger partial charge in [0.25, 0.3) is 0 Å². The van der Waals surface area contributed by atoms with Crippen LogP contribution in [0.3, 0.4) is 0 Å². The molecule has 0 spiro atoms. The number of carboxylic acid groups (broad SMARTS) is 2. The minimum atomic E-state index is -1.59. The highest BCUT2D eigenvalue weighted by molar-refractivity contribution is 5.85. The Labute approximate surface area is 99.8 Å². The van der Waals surface area contributed by atoms with Crippen molar-refractivity contribution >= 4 is 12.1 Å². The zero-order valence-corrected chi connectivity index (χ0v) is 10.5. The Bertz CT molecular complexity index is 348. The first-order chi connectivity index (χ1) is 7.52. The highest BCUT2D eigenvalue weighted by Crippen LogP contribution is 2.45. The molecule has 0 aromatic rings. The van der Waals surface area contributed by atoms with E-state index in [1.807, 2.05) is 0 Å². The molecule has 0 bridgehead atoms. The number of rotatable bonds is 1. The van der Waals surface area contributed by atoms with Gasteiger partial charge in [-0.05, 0) is 12.3 Å². The van der Waals surface area contributed by atoms with Gasteiger partial charge >= 0.3 is 12.1 Å². The van der Waals surface area contributed by atoms with Crippen molar-refractivity contribution in [1.29, 1.82) is 0 Å². The van der Waals surface area contributed by atoms with Gasteiger partial charge in [-0.15, -0.1) is 0 Å². The average molecular weight is 245 g/mol. The summed E-state index contributed by atoms with van der Waals surface area (Å²) in [5.41, 5.74) is -2.10. The van der Waals surface area contributed by atoms with E-state index in [1.165, 1.54) is 6.92 Å². The van der Waals surface area contributed by atoms with Gasteiger partial charge in [-0.1, -0.05) is 20.8 Å². The Kier molecular flexibility index (Phi) is 3.13. The molecule has 3 atom stereocenters. The molecule has 17 heavy (non-hydrogen) atoms. The van der Waals surface area contributed by atoms with E-state index in [9.17, 15) is 19.8 Å². The van der Waals surface area contributed by atoms with E-state index in [0.717, 1.165) is 4.90 Å². The molecule has 1 heterocycles. The van der Waals surface area contributed by atoms with Crippen molar-refractivity contribution in [1.82, 2.24) is 4.90 Å². The lowest BCUT2D eigenvalue weighted by atomic mass is 9.69. The lowest BCUT2D eigenvalue weighted by Gasteiger charge is -2.40. The first kappa shape index (κ1) is 13.8. The van der Waals surface area contributed by atoms with E-state index in [-0.39, 0.29) is 6.54 Å². The van der Waals surface area contributed by atoms with Crippen molar-refractivity contribution in [3.8, 4) is 0 Å². The number of likely N-dealkylation sites (tertiary alicyclic amines) is 1. The summed E-state index contributed by atoms with van der Waals surface area (Å²) in [6, 6.07) is 0. The van der Waals surface area contributed by atoms with Crippen LogP contribution >= 0.6 is 0 Å². The summed E-state index contributed by atoms with van der Waals surface area (Å²) in [4.78, 5) is 23.3. The van der Waals surface area contributed by atoms with Crippen molar-refractivity contribution in [3.05, 3.63) is 0 Å². The molecule has 0 saturated carbocycles. The number of carboxylic acids is 1. The molecular weight excluding hydrogens is 226 g/mol. The molecule has 3 unspecified atom stereocenters. The third kappa shape index (κ3) is 1.97. The van der Waals surface area contributed by atoms with Crippen LogP contribution in [0.15, 0.2) is 0 Å². The van der Waals surface area contributed by atoms with Crippen LogP contribution in [0, 0.1) is 11.3 Å². The lowest BCUT2D eigenvalue weighted by molar-refractivity contribution is -0.153.